The number of rotatable bonds is 4. The van der Waals surface area contributed by atoms with Crippen molar-refractivity contribution in [2.75, 3.05) is 18.6 Å². The maximum atomic E-state index is 12.3. The van der Waals surface area contributed by atoms with Gasteiger partial charge >= 0.3 is 6.03 Å². The number of anilines is 1. The van der Waals surface area contributed by atoms with E-state index in [9.17, 15) is 9.59 Å². The average Bonchev–Trinajstić information content (AvgIpc) is 2.57. The molecule has 1 N–H and O–H groups in total. The van der Waals surface area contributed by atoms with Crippen LogP contribution in [0.3, 0.4) is 0 Å². The molecule has 5 heteroatoms. The Bertz CT molecular complexity index is 770. The number of nitrogens with one attached hydrogen (secondary N) is 1. The molecule has 1 fully saturated rings. The third-order valence-electron chi connectivity index (χ3n) is 4.42. The summed E-state index contributed by atoms with van der Waals surface area (Å²) in [6, 6.07) is 3.56. The number of urea groups is 1. The van der Waals surface area contributed by atoms with E-state index < -0.39 is 0 Å². The number of benzene rings is 1. The summed E-state index contributed by atoms with van der Waals surface area (Å²) < 4.78 is 5.77. The van der Waals surface area contributed by atoms with Crippen molar-refractivity contribution in [2.45, 2.75) is 46.5 Å². The predicted molar refractivity (Wildman–Crippen MR) is 106 cm³/mol. The van der Waals surface area contributed by atoms with Crippen molar-refractivity contribution in [2.24, 2.45) is 0 Å². The largest absolute Gasteiger partial charge is 0.496 e. The highest BCUT2D eigenvalue weighted by molar-refractivity contribution is 6.06. The summed E-state index contributed by atoms with van der Waals surface area (Å²) in [6.07, 6.45) is 6.31. The number of nitrogens with zero attached hydrogens (tertiary/aromatic N) is 1. The third kappa shape index (κ3) is 3.98. The zero-order chi connectivity index (χ0) is 19.5. The first-order chi connectivity index (χ1) is 12.2. The summed E-state index contributed by atoms with van der Waals surface area (Å²) in [5, 5.41) is 2.39. The van der Waals surface area contributed by atoms with Gasteiger partial charge in [0.2, 0.25) is 5.91 Å². The van der Waals surface area contributed by atoms with Crippen LogP contribution in [0.4, 0.5) is 10.5 Å². The Morgan fingerprint density at radius 1 is 1.23 bits per heavy atom. The first kappa shape index (κ1) is 19.8. The van der Waals surface area contributed by atoms with E-state index in [0.717, 1.165) is 28.1 Å². The summed E-state index contributed by atoms with van der Waals surface area (Å²) in [7, 11) is 1.67. The third-order valence-corrected chi connectivity index (χ3v) is 4.42. The highest BCUT2D eigenvalue weighted by Crippen LogP contribution is 2.41. The van der Waals surface area contributed by atoms with Gasteiger partial charge in [-0.15, -0.1) is 0 Å². The number of hydrogen-bond donors (Lipinski definition) is 1. The molecule has 0 aromatic heterocycles. The monoisotopic (exact) mass is 356 g/mol. The Balaban J connectivity index is 2.71. The van der Waals surface area contributed by atoms with Crippen molar-refractivity contribution in [1.82, 2.24) is 5.32 Å². The first-order valence-corrected chi connectivity index (χ1v) is 8.86. The molecule has 0 saturated carbocycles. The number of carbonyl (C=O) groups is 2. The van der Waals surface area contributed by atoms with E-state index in [2.05, 4.69) is 26.1 Å². The van der Waals surface area contributed by atoms with Crippen LogP contribution in [0.2, 0.25) is 0 Å². The zero-order valence-corrected chi connectivity index (χ0v) is 16.5. The lowest BCUT2D eigenvalue weighted by atomic mass is 9.83. The standard InChI is InChI=1S/C21H28N2O3/c1-7-9-14(8-2)16-12-15(23-11-10-18(24)22-20(23)25)13-17(19(16)26-6)21(3,4)5/h7-9,12-13H,10-11H2,1-6H3,(H,22,24,25)/b9-7-,14-8+. The Hall–Kier alpha value is -2.56. The lowest BCUT2D eigenvalue weighted by molar-refractivity contribution is -0.120. The number of carbonyl (C=O) groups excluding carboxylic acids is 2. The first-order valence-electron chi connectivity index (χ1n) is 8.86. The Morgan fingerprint density at radius 3 is 2.42 bits per heavy atom. The molecule has 2 rings (SSSR count). The minimum Gasteiger partial charge on any atom is -0.496 e. The van der Waals surface area contributed by atoms with Gasteiger partial charge in [-0.25, -0.2) is 4.79 Å². The molecule has 1 heterocycles. The van der Waals surface area contributed by atoms with Crippen LogP contribution in [-0.2, 0) is 10.2 Å². The molecule has 1 aromatic rings. The SMILES string of the molecule is C/C=C\C(=C/C)c1cc(N2CCC(=O)NC2=O)cc(C(C)(C)C)c1OC. The van der Waals surface area contributed by atoms with Gasteiger partial charge in [0.05, 0.1) is 7.11 Å². The van der Waals surface area contributed by atoms with E-state index in [0.29, 0.717) is 13.0 Å². The number of hydrogen-bond acceptors (Lipinski definition) is 3. The van der Waals surface area contributed by atoms with Crippen LogP contribution in [0.5, 0.6) is 5.75 Å². The molecule has 0 unspecified atom stereocenters. The maximum absolute atomic E-state index is 12.3. The summed E-state index contributed by atoms with van der Waals surface area (Å²) >= 11 is 0. The molecule has 26 heavy (non-hydrogen) atoms. The number of methoxy groups -OCH3 is 1. The van der Waals surface area contributed by atoms with Crippen LogP contribution >= 0.6 is 0 Å². The Kier molecular flexibility index (Phi) is 5.90. The van der Waals surface area contributed by atoms with Gasteiger partial charge < -0.3 is 4.74 Å². The van der Waals surface area contributed by atoms with Gasteiger partial charge in [0.25, 0.3) is 0 Å². The van der Waals surface area contributed by atoms with E-state index in [-0.39, 0.29) is 17.4 Å². The number of allylic oxidation sites excluding steroid dienone is 4. The second-order valence-corrected chi connectivity index (χ2v) is 7.32. The summed E-state index contributed by atoms with van der Waals surface area (Å²) in [6.45, 7) is 10.7. The zero-order valence-electron chi connectivity index (χ0n) is 16.5. The minimum atomic E-state index is -0.384. The number of ether oxygens (including phenoxy) is 1. The molecular weight excluding hydrogens is 328 g/mol. The summed E-state index contributed by atoms with van der Waals surface area (Å²) in [5.74, 6) is 0.569. The van der Waals surface area contributed by atoms with Crippen LogP contribution in [-0.4, -0.2) is 25.6 Å². The lowest BCUT2D eigenvalue weighted by Crippen LogP contribution is -2.49. The quantitative estimate of drug-likeness (QED) is 0.813. The van der Waals surface area contributed by atoms with Gasteiger partial charge in [-0.05, 0) is 37.0 Å². The number of amides is 3. The molecular formula is C21H28N2O3. The van der Waals surface area contributed by atoms with Crippen molar-refractivity contribution in [3.63, 3.8) is 0 Å². The van der Waals surface area contributed by atoms with Gasteiger partial charge in [-0.1, -0.05) is 39.0 Å². The molecule has 0 bridgehead atoms. The molecule has 0 spiro atoms. The van der Waals surface area contributed by atoms with E-state index in [4.69, 9.17) is 4.74 Å². The molecule has 1 aliphatic heterocycles. The smallest absolute Gasteiger partial charge is 0.328 e. The topological polar surface area (TPSA) is 58.6 Å². The van der Waals surface area contributed by atoms with Crippen LogP contribution in [0.25, 0.3) is 5.57 Å². The molecule has 0 atom stereocenters. The molecule has 1 aliphatic rings. The predicted octanol–water partition coefficient (Wildman–Crippen LogP) is 4.42. The molecule has 0 radical (unpaired) electrons. The second-order valence-electron chi connectivity index (χ2n) is 7.32. The van der Waals surface area contributed by atoms with Crippen LogP contribution in [0, 0.1) is 0 Å². The average molecular weight is 356 g/mol. The Morgan fingerprint density at radius 2 is 1.92 bits per heavy atom. The Labute approximate surface area is 155 Å². The highest BCUT2D eigenvalue weighted by atomic mass is 16.5. The maximum Gasteiger partial charge on any atom is 0.328 e. The molecule has 1 aromatic carbocycles. The summed E-state index contributed by atoms with van der Waals surface area (Å²) in [5.41, 5.74) is 3.55. The minimum absolute atomic E-state index is 0.174. The van der Waals surface area contributed by atoms with E-state index in [1.165, 1.54) is 0 Å². The van der Waals surface area contributed by atoms with Gasteiger partial charge in [0, 0.05) is 29.8 Å². The van der Waals surface area contributed by atoms with Gasteiger partial charge in [0.1, 0.15) is 5.75 Å². The van der Waals surface area contributed by atoms with E-state index in [1.54, 1.807) is 12.0 Å². The molecule has 3 amide bonds. The van der Waals surface area contributed by atoms with Crippen LogP contribution < -0.4 is 15.0 Å². The fourth-order valence-electron chi connectivity index (χ4n) is 3.09. The molecule has 5 nitrogen and oxygen atoms in total. The fourth-order valence-corrected chi connectivity index (χ4v) is 3.09. The van der Waals surface area contributed by atoms with Crippen molar-refractivity contribution in [3.05, 3.63) is 41.5 Å². The lowest BCUT2D eigenvalue weighted by Gasteiger charge is -2.31. The van der Waals surface area contributed by atoms with Crippen molar-refractivity contribution in [3.8, 4) is 5.75 Å². The fraction of sp³-hybridized carbons (Fsp3) is 0.429. The van der Waals surface area contributed by atoms with E-state index >= 15 is 0 Å². The molecule has 1 saturated heterocycles. The van der Waals surface area contributed by atoms with Crippen LogP contribution in [0.15, 0.2) is 30.4 Å². The molecule has 140 valence electrons. The van der Waals surface area contributed by atoms with Crippen LogP contribution in [0.1, 0.15) is 52.2 Å². The van der Waals surface area contributed by atoms with Gasteiger partial charge in [-0.3, -0.25) is 15.0 Å². The highest BCUT2D eigenvalue weighted by Gasteiger charge is 2.29. The second kappa shape index (κ2) is 7.77. The van der Waals surface area contributed by atoms with Crippen molar-refractivity contribution in [1.29, 1.82) is 0 Å². The number of imide groups is 1. The van der Waals surface area contributed by atoms with Gasteiger partial charge in [0.15, 0.2) is 0 Å². The molecule has 0 aliphatic carbocycles. The van der Waals surface area contributed by atoms with Crippen molar-refractivity contribution < 1.29 is 14.3 Å². The van der Waals surface area contributed by atoms with Crippen molar-refractivity contribution >= 4 is 23.2 Å². The van der Waals surface area contributed by atoms with Gasteiger partial charge in [-0.2, -0.15) is 0 Å². The normalized spacial score (nSPS) is 16.2. The van der Waals surface area contributed by atoms with E-state index in [1.807, 2.05) is 44.2 Å². The summed E-state index contributed by atoms with van der Waals surface area (Å²) in [4.78, 5) is 25.4.